The molecule has 5 heteroatoms. The van der Waals surface area contributed by atoms with Gasteiger partial charge in [-0.15, -0.1) is 0 Å². The van der Waals surface area contributed by atoms with Gasteiger partial charge in [0.25, 0.3) is 0 Å². The van der Waals surface area contributed by atoms with Crippen molar-refractivity contribution in [2.75, 3.05) is 0 Å². The van der Waals surface area contributed by atoms with E-state index in [4.69, 9.17) is 9.16 Å². The maximum Gasteiger partial charge on any atom is 0.308 e. The fourth-order valence-electron chi connectivity index (χ4n) is 3.06. The Morgan fingerprint density at radius 2 is 1.93 bits per heavy atom. The van der Waals surface area contributed by atoms with Crippen molar-refractivity contribution < 1.29 is 14.0 Å². The maximum absolute atomic E-state index is 12.8. The number of halogens is 1. The first-order chi connectivity index (χ1) is 12.4. The summed E-state index contributed by atoms with van der Waals surface area (Å²) in [5.41, 5.74) is 1.09. The molecule has 0 aromatic heterocycles. The Bertz CT molecular complexity index is 548. The van der Waals surface area contributed by atoms with Gasteiger partial charge in [0.1, 0.15) is 6.10 Å². The zero-order chi connectivity index (χ0) is 20.8. The second kappa shape index (κ2) is 10.6. The van der Waals surface area contributed by atoms with Gasteiger partial charge in [-0.2, -0.15) is 0 Å². The second-order valence-electron chi connectivity index (χ2n) is 9.67. The summed E-state index contributed by atoms with van der Waals surface area (Å²) in [6.45, 7) is 17.7. The van der Waals surface area contributed by atoms with E-state index in [1.807, 2.05) is 11.0 Å². The van der Waals surface area contributed by atoms with E-state index in [0.29, 0.717) is 12.3 Å². The number of rotatable bonds is 3. The Labute approximate surface area is 181 Å². The maximum atomic E-state index is 12.8. The number of carbonyl (C=O) groups excluding carboxylic acids is 1. The fraction of sp³-hybridized carbons (Fsp3) is 0.773. The number of allylic oxidation sites excluding steroid dienone is 1. The van der Waals surface area contributed by atoms with Crippen LogP contribution in [0.4, 0.5) is 0 Å². The Morgan fingerprint density at radius 1 is 1.30 bits per heavy atom. The lowest BCUT2D eigenvalue weighted by Gasteiger charge is -2.39. The molecule has 1 aliphatic heterocycles. The number of cyclic esters (lactones) is 1. The molecule has 0 aromatic rings. The monoisotopic (exact) mass is 506 g/mol. The van der Waals surface area contributed by atoms with Crippen molar-refractivity contribution in [3.8, 4) is 0 Å². The third-order valence-corrected chi connectivity index (χ3v) is 11.5. The molecule has 0 radical (unpaired) electrons. The Balaban J connectivity index is 3.05. The molecule has 156 valence electrons. The van der Waals surface area contributed by atoms with E-state index < -0.39 is 8.32 Å². The molecule has 4 atom stereocenters. The second-order valence-corrected chi connectivity index (χ2v) is 15.1. The average molecular weight is 507 g/mol. The van der Waals surface area contributed by atoms with Crippen LogP contribution in [0.25, 0.3) is 0 Å². The lowest BCUT2D eigenvalue weighted by atomic mass is 9.94. The quantitative estimate of drug-likeness (QED) is 0.178. The van der Waals surface area contributed by atoms with E-state index in [1.54, 1.807) is 0 Å². The van der Waals surface area contributed by atoms with Crippen molar-refractivity contribution in [2.45, 2.75) is 97.6 Å². The predicted octanol–water partition coefficient (Wildman–Crippen LogP) is 7.03. The van der Waals surface area contributed by atoms with Gasteiger partial charge in [0.15, 0.2) is 8.32 Å². The largest absolute Gasteiger partial charge is 0.457 e. The molecule has 0 saturated heterocycles. The van der Waals surface area contributed by atoms with Crippen LogP contribution in [0.2, 0.25) is 18.1 Å². The van der Waals surface area contributed by atoms with Crippen molar-refractivity contribution in [3.05, 3.63) is 21.8 Å². The van der Waals surface area contributed by atoms with Crippen molar-refractivity contribution in [1.29, 1.82) is 0 Å². The molecule has 0 N–H and O–H groups in total. The minimum absolute atomic E-state index is 0.0518. The summed E-state index contributed by atoms with van der Waals surface area (Å²) in [5.74, 6) is 0.621. The Kier molecular flexibility index (Phi) is 9.76. The van der Waals surface area contributed by atoms with E-state index in [1.165, 1.54) is 0 Å². The summed E-state index contributed by atoms with van der Waals surface area (Å²) < 4.78 is 14.5. The van der Waals surface area contributed by atoms with Crippen LogP contribution >= 0.6 is 22.6 Å². The molecule has 1 rings (SSSR count). The van der Waals surface area contributed by atoms with Gasteiger partial charge in [-0.25, -0.2) is 0 Å². The summed E-state index contributed by atoms with van der Waals surface area (Å²) in [7, 11) is -1.93. The smallest absolute Gasteiger partial charge is 0.308 e. The molecule has 3 nitrogen and oxygen atoms in total. The van der Waals surface area contributed by atoms with Crippen molar-refractivity contribution >= 4 is 36.9 Å². The standard InChI is InChI=1S/C22H39IO3Si/c1-16-10-9-11-17(2)21(18(3)15-23)25-20(24)14-19(13-12-16)26-27(7,8)22(4,5)6/h9,11,15-17,19,21H,10,12-14H2,1-8H3/b11-9-,18-15+/t16-,17+,19-,21+/m1/s1. The lowest BCUT2D eigenvalue weighted by molar-refractivity contribution is -0.150. The minimum Gasteiger partial charge on any atom is -0.457 e. The highest BCUT2D eigenvalue weighted by atomic mass is 127. The molecule has 0 saturated carbocycles. The topological polar surface area (TPSA) is 35.5 Å². The number of ether oxygens (including phenoxy) is 1. The highest BCUT2D eigenvalue weighted by Crippen LogP contribution is 2.38. The van der Waals surface area contributed by atoms with E-state index in [0.717, 1.165) is 24.8 Å². The third kappa shape index (κ3) is 8.01. The molecule has 0 spiro atoms. The lowest BCUT2D eigenvalue weighted by Crippen LogP contribution is -2.44. The van der Waals surface area contributed by atoms with Gasteiger partial charge in [-0.1, -0.05) is 69.4 Å². The van der Waals surface area contributed by atoms with Gasteiger partial charge < -0.3 is 9.16 Å². The Morgan fingerprint density at radius 3 is 2.48 bits per heavy atom. The molecule has 0 bridgehead atoms. The molecule has 0 aromatic carbocycles. The van der Waals surface area contributed by atoms with Crippen LogP contribution in [0.15, 0.2) is 21.8 Å². The number of hydrogen-bond donors (Lipinski definition) is 0. The van der Waals surface area contributed by atoms with Crippen LogP contribution in [0.3, 0.4) is 0 Å². The summed E-state index contributed by atoms with van der Waals surface area (Å²) in [6, 6.07) is 0. The van der Waals surface area contributed by atoms with Crippen LogP contribution < -0.4 is 0 Å². The zero-order valence-corrected chi connectivity index (χ0v) is 21.6. The predicted molar refractivity (Wildman–Crippen MR) is 126 cm³/mol. The van der Waals surface area contributed by atoms with Gasteiger partial charge >= 0.3 is 5.97 Å². The van der Waals surface area contributed by atoms with Gasteiger partial charge in [-0.05, 0) is 59.9 Å². The summed E-state index contributed by atoms with van der Waals surface area (Å²) in [6.07, 6.45) is 7.59. The van der Waals surface area contributed by atoms with Gasteiger partial charge in [0.2, 0.25) is 0 Å². The third-order valence-electron chi connectivity index (χ3n) is 5.98. The van der Waals surface area contributed by atoms with Crippen LogP contribution in [0, 0.1) is 11.8 Å². The molecule has 0 aliphatic carbocycles. The van der Waals surface area contributed by atoms with Crippen LogP contribution in [-0.2, 0) is 14.0 Å². The summed E-state index contributed by atoms with van der Waals surface area (Å²) in [4.78, 5) is 12.8. The highest BCUT2D eigenvalue weighted by Gasteiger charge is 2.39. The number of hydrogen-bond acceptors (Lipinski definition) is 3. The van der Waals surface area contributed by atoms with E-state index in [-0.39, 0.29) is 29.1 Å². The minimum atomic E-state index is -1.93. The SMILES string of the molecule is C/C(=C\I)[C@H]1OC(=O)C[C@H](O[Si](C)(C)C(C)(C)C)CC[C@H](C)C/C=C\[C@@H]1C. The van der Waals surface area contributed by atoms with Crippen molar-refractivity contribution in [2.24, 2.45) is 11.8 Å². The van der Waals surface area contributed by atoms with Crippen molar-refractivity contribution in [3.63, 3.8) is 0 Å². The first kappa shape index (κ1) is 24.9. The first-order valence-corrected chi connectivity index (χ1v) is 14.3. The molecule has 1 heterocycles. The number of esters is 1. The van der Waals surface area contributed by atoms with Gasteiger partial charge in [0.05, 0.1) is 12.5 Å². The molecule has 1 aliphatic rings. The molecule has 0 amide bonds. The average Bonchev–Trinajstić information content (AvgIpc) is 2.54. The van der Waals surface area contributed by atoms with Crippen LogP contribution in [0.1, 0.15) is 67.2 Å². The zero-order valence-electron chi connectivity index (χ0n) is 18.5. The van der Waals surface area contributed by atoms with E-state index in [9.17, 15) is 4.79 Å². The fourth-order valence-corrected chi connectivity index (χ4v) is 4.81. The van der Waals surface area contributed by atoms with Crippen LogP contribution in [-0.4, -0.2) is 26.5 Å². The Hall–Kier alpha value is -0.143. The molecule has 0 fully saturated rings. The van der Waals surface area contributed by atoms with Crippen molar-refractivity contribution in [1.82, 2.24) is 0 Å². The molecule has 0 unspecified atom stereocenters. The summed E-state index contributed by atoms with van der Waals surface area (Å²) in [5, 5.41) is 0.131. The molecular weight excluding hydrogens is 467 g/mol. The van der Waals surface area contributed by atoms with Crippen LogP contribution in [0.5, 0.6) is 0 Å². The summed E-state index contributed by atoms with van der Waals surface area (Å²) >= 11 is 2.22. The van der Waals surface area contributed by atoms with E-state index >= 15 is 0 Å². The van der Waals surface area contributed by atoms with Gasteiger partial charge in [0, 0.05) is 5.92 Å². The first-order valence-electron chi connectivity index (χ1n) is 10.2. The highest BCUT2D eigenvalue weighted by molar-refractivity contribution is 14.1. The van der Waals surface area contributed by atoms with E-state index in [2.05, 4.69) is 82.5 Å². The normalized spacial score (nSPS) is 30.9. The van der Waals surface area contributed by atoms with Gasteiger partial charge in [-0.3, -0.25) is 4.79 Å². The molecule has 27 heavy (non-hydrogen) atoms. The number of carbonyl (C=O) groups is 1. The molecular formula is C22H39IO3Si.